The van der Waals surface area contributed by atoms with Crippen LogP contribution in [0, 0.1) is 0 Å². The highest BCUT2D eigenvalue weighted by molar-refractivity contribution is 5.89. The van der Waals surface area contributed by atoms with Crippen molar-refractivity contribution in [2.75, 3.05) is 46.8 Å². The van der Waals surface area contributed by atoms with E-state index in [1.807, 2.05) is 0 Å². The highest BCUT2D eigenvalue weighted by Crippen LogP contribution is 2.03. The fraction of sp³-hybridized carbons (Fsp3) is 0.571. The van der Waals surface area contributed by atoms with Crippen molar-refractivity contribution in [3.63, 3.8) is 0 Å². The number of esters is 1. The second-order valence-electron chi connectivity index (χ2n) is 4.09. The zero-order valence-electron chi connectivity index (χ0n) is 12.2. The maximum Gasteiger partial charge on any atom is 0.338 e. The third-order valence-corrected chi connectivity index (χ3v) is 2.53. The average molecular weight is 298 g/mol. The monoisotopic (exact) mass is 298 g/mol. The third-order valence-electron chi connectivity index (χ3n) is 2.53. The van der Waals surface area contributed by atoms with E-state index in [1.54, 1.807) is 19.2 Å². The summed E-state index contributed by atoms with van der Waals surface area (Å²) in [6, 6.07) is 3.21. The summed E-state index contributed by atoms with van der Waals surface area (Å²) < 4.78 is 20.4. The van der Waals surface area contributed by atoms with E-state index in [0.717, 1.165) is 0 Å². The quantitative estimate of drug-likeness (QED) is 0.466. The zero-order chi connectivity index (χ0) is 15.3. The van der Waals surface area contributed by atoms with Crippen LogP contribution in [0.4, 0.5) is 0 Å². The number of methoxy groups -OCH3 is 1. The lowest BCUT2D eigenvalue weighted by Crippen LogP contribution is -2.14. The van der Waals surface area contributed by atoms with Crippen molar-refractivity contribution in [1.29, 1.82) is 0 Å². The van der Waals surface area contributed by atoms with Gasteiger partial charge in [0.15, 0.2) is 0 Å². The van der Waals surface area contributed by atoms with Gasteiger partial charge >= 0.3 is 5.97 Å². The molecule has 1 aromatic rings. The van der Waals surface area contributed by atoms with E-state index in [4.69, 9.17) is 24.7 Å². The number of aromatic nitrogens is 1. The van der Waals surface area contributed by atoms with Crippen molar-refractivity contribution in [2.24, 2.45) is 5.73 Å². The predicted octanol–water partition coefficient (Wildman–Crippen LogP) is 0.377. The van der Waals surface area contributed by atoms with Crippen LogP contribution in [0.3, 0.4) is 0 Å². The molecule has 0 aliphatic heterocycles. The summed E-state index contributed by atoms with van der Waals surface area (Å²) in [5.74, 6) is -0.410. The minimum absolute atomic E-state index is 0.192. The van der Waals surface area contributed by atoms with Gasteiger partial charge in [0.25, 0.3) is 0 Å². The molecule has 0 saturated heterocycles. The first kappa shape index (κ1) is 17.5. The smallest absolute Gasteiger partial charge is 0.338 e. The molecule has 21 heavy (non-hydrogen) atoms. The van der Waals surface area contributed by atoms with E-state index in [9.17, 15) is 4.79 Å². The molecule has 0 spiro atoms. The second-order valence-corrected chi connectivity index (χ2v) is 4.09. The number of hydrogen-bond acceptors (Lipinski definition) is 7. The Kier molecular flexibility index (Phi) is 9.30. The molecule has 2 N–H and O–H groups in total. The Balaban J connectivity index is 2.08. The molecular weight excluding hydrogens is 276 g/mol. The summed E-state index contributed by atoms with van der Waals surface area (Å²) in [7, 11) is 1.62. The van der Waals surface area contributed by atoms with Gasteiger partial charge in [-0.1, -0.05) is 0 Å². The molecule has 1 aromatic heterocycles. The minimum atomic E-state index is -0.410. The maximum absolute atomic E-state index is 11.7. The first-order valence-corrected chi connectivity index (χ1v) is 6.74. The fourth-order valence-corrected chi connectivity index (χ4v) is 1.46. The molecule has 118 valence electrons. The normalized spacial score (nSPS) is 10.6. The molecule has 0 unspecified atom stereocenters. The van der Waals surface area contributed by atoms with Gasteiger partial charge in [-0.05, 0) is 12.1 Å². The lowest BCUT2D eigenvalue weighted by Gasteiger charge is -2.07. The Morgan fingerprint density at radius 2 is 1.81 bits per heavy atom. The number of nitrogens with zero attached hydrogens (tertiary/aromatic N) is 1. The van der Waals surface area contributed by atoms with E-state index >= 15 is 0 Å². The number of carbonyl (C=O) groups excluding carboxylic acids is 1. The minimum Gasteiger partial charge on any atom is -0.460 e. The largest absolute Gasteiger partial charge is 0.460 e. The molecule has 0 saturated carbocycles. The van der Waals surface area contributed by atoms with Crippen LogP contribution in [0.5, 0.6) is 0 Å². The Hall–Kier alpha value is -1.54. The van der Waals surface area contributed by atoms with Crippen LogP contribution in [0.25, 0.3) is 0 Å². The van der Waals surface area contributed by atoms with Crippen LogP contribution in [0.15, 0.2) is 18.3 Å². The van der Waals surface area contributed by atoms with Crippen LogP contribution in [0.2, 0.25) is 0 Å². The van der Waals surface area contributed by atoms with Gasteiger partial charge in [-0.15, -0.1) is 0 Å². The van der Waals surface area contributed by atoms with Crippen molar-refractivity contribution in [1.82, 2.24) is 4.98 Å². The first-order chi connectivity index (χ1) is 10.3. The van der Waals surface area contributed by atoms with Crippen LogP contribution in [-0.4, -0.2) is 57.7 Å². The SMILES string of the molecule is COCCOCCOCCOC(=O)c1ccnc(CN)c1. The Morgan fingerprint density at radius 1 is 1.14 bits per heavy atom. The highest BCUT2D eigenvalue weighted by Gasteiger charge is 2.07. The number of rotatable bonds is 11. The van der Waals surface area contributed by atoms with Crippen molar-refractivity contribution in [3.05, 3.63) is 29.6 Å². The molecule has 0 aliphatic carbocycles. The Morgan fingerprint density at radius 3 is 2.48 bits per heavy atom. The average Bonchev–Trinajstić information content (AvgIpc) is 2.53. The summed E-state index contributed by atoms with van der Waals surface area (Å²) in [5, 5.41) is 0. The number of pyridine rings is 1. The molecule has 0 radical (unpaired) electrons. The molecule has 0 amide bonds. The summed E-state index contributed by atoms with van der Waals surface area (Å²) in [6.07, 6.45) is 1.53. The van der Waals surface area contributed by atoms with Gasteiger partial charge in [-0.2, -0.15) is 0 Å². The van der Waals surface area contributed by atoms with E-state index in [2.05, 4.69) is 4.98 Å². The lowest BCUT2D eigenvalue weighted by molar-refractivity contribution is 0.00569. The molecule has 0 aliphatic rings. The van der Waals surface area contributed by atoms with E-state index in [1.165, 1.54) is 6.20 Å². The van der Waals surface area contributed by atoms with Crippen LogP contribution >= 0.6 is 0 Å². The fourth-order valence-electron chi connectivity index (χ4n) is 1.46. The summed E-state index contributed by atoms with van der Waals surface area (Å²) in [4.78, 5) is 15.7. The maximum atomic E-state index is 11.7. The number of carbonyl (C=O) groups is 1. The molecule has 0 bridgehead atoms. The molecular formula is C14H22N2O5. The van der Waals surface area contributed by atoms with Crippen molar-refractivity contribution in [2.45, 2.75) is 6.54 Å². The van der Waals surface area contributed by atoms with Crippen LogP contribution < -0.4 is 5.73 Å². The molecule has 0 fully saturated rings. The van der Waals surface area contributed by atoms with Gasteiger partial charge in [-0.25, -0.2) is 4.79 Å². The molecule has 1 heterocycles. The second kappa shape index (κ2) is 11.2. The summed E-state index contributed by atoms with van der Waals surface area (Å²) in [6.45, 7) is 2.85. The Bertz CT molecular complexity index is 414. The molecule has 7 heteroatoms. The lowest BCUT2D eigenvalue weighted by atomic mass is 10.2. The molecule has 7 nitrogen and oxygen atoms in total. The number of nitrogens with two attached hydrogens (primary N) is 1. The highest BCUT2D eigenvalue weighted by atomic mass is 16.6. The van der Waals surface area contributed by atoms with E-state index in [-0.39, 0.29) is 13.2 Å². The van der Waals surface area contributed by atoms with Crippen molar-refractivity contribution >= 4 is 5.97 Å². The zero-order valence-corrected chi connectivity index (χ0v) is 12.2. The van der Waals surface area contributed by atoms with Gasteiger partial charge in [0.1, 0.15) is 6.61 Å². The molecule has 1 rings (SSSR count). The van der Waals surface area contributed by atoms with Gasteiger partial charge in [-0.3, -0.25) is 4.98 Å². The molecule has 0 aromatic carbocycles. The summed E-state index contributed by atoms with van der Waals surface area (Å²) >= 11 is 0. The van der Waals surface area contributed by atoms with Crippen LogP contribution in [-0.2, 0) is 25.5 Å². The van der Waals surface area contributed by atoms with E-state index < -0.39 is 5.97 Å². The topological polar surface area (TPSA) is 92.9 Å². The third kappa shape index (κ3) is 7.72. The van der Waals surface area contributed by atoms with E-state index in [0.29, 0.717) is 44.3 Å². The molecule has 0 atom stereocenters. The predicted molar refractivity (Wildman–Crippen MR) is 75.9 cm³/mol. The van der Waals surface area contributed by atoms with Crippen LogP contribution in [0.1, 0.15) is 16.1 Å². The number of hydrogen-bond donors (Lipinski definition) is 1. The first-order valence-electron chi connectivity index (χ1n) is 6.74. The van der Waals surface area contributed by atoms with Crippen molar-refractivity contribution in [3.8, 4) is 0 Å². The van der Waals surface area contributed by atoms with Gasteiger partial charge in [0, 0.05) is 19.9 Å². The van der Waals surface area contributed by atoms with Gasteiger partial charge in [0.05, 0.1) is 44.3 Å². The van der Waals surface area contributed by atoms with Gasteiger partial charge in [0.2, 0.25) is 0 Å². The number of ether oxygens (including phenoxy) is 4. The Labute approximate surface area is 124 Å². The van der Waals surface area contributed by atoms with Crippen molar-refractivity contribution < 1.29 is 23.7 Å². The summed E-state index contributed by atoms with van der Waals surface area (Å²) in [5.41, 5.74) is 6.55. The van der Waals surface area contributed by atoms with Gasteiger partial charge < -0.3 is 24.7 Å². The standard InChI is InChI=1S/C14H22N2O5/c1-18-4-5-19-6-7-20-8-9-21-14(17)12-2-3-16-13(10-12)11-15/h2-3,10H,4-9,11,15H2,1H3.